The van der Waals surface area contributed by atoms with E-state index < -0.39 is 0 Å². The van der Waals surface area contributed by atoms with E-state index in [-0.39, 0.29) is 17.8 Å². The third kappa shape index (κ3) is 3.49. The quantitative estimate of drug-likeness (QED) is 0.595. The van der Waals surface area contributed by atoms with E-state index in [1.807, 2.05) is 81.4 Å². The molecule has 6 heteroatoms. The van der Waals surface area contributed by atoms with Crippen LogP contribution in [0.5, 0.6) is 0 Å². The smallest absolute Gasteiger partial charge is 0.291 e. The van der Waals surface area contributed by atoms with Crippen LogP contribution >= 0.6 is 0 Å². The largest absolute Gasteiger partial charge is 0.338 e. The van der Waals surface area contributed by atoms with Crippen LogP contribution in [-0.2, 0) is 0 Å². The topological polar surface area (TPSA) is 72.2 Å². The number of nitrogens with zero attached hydrogens (tertiary/aromatic N) is 4. The van der Waals surface area contributed by atoms with Gasteiger partial charge in [0.1, 0.15) is 0 Å². The molecule has 0 aliphatic rings. The van der Waals surface area contributed by atoms with Crippen molar-refractivity contribution in [2.24, 2.45) is 0 Å². The molecule has 0 fully saturated rings. The summed E-state index contributed by atoms with van der Waals surface area (Å²) in [5.41, 5.74) is 4.88. The van der Waals surface area contributed by atoms with Gasteiger partial charge in [-0.05, 0) is 38.0 Å². The lowest BCUT2D eigenvalue weighted by atomic mass is 9.98. The van der Waals surface area contributed by atoms with Gasteiger partial charge in [-0.15, -0.1) is 5.10 Å². The molecule has 2 heterocycles. The summed E-state index contributed by atoms with van der Waals surface area (Å²) < 4.78 is 1.59. The first-order chi connectivity index (χ1) is 13.5. The summed E-state index contributed by atoms with van der Waals surface area (Å²) >= 11 is 0. The third-order valence-electron chi connectivity index (χ3n) is 4.64. The fourth-order valence-corrected chi connectivity index (χ4v) is 3.22. The van der Waals surface area contributed by atoms with Crippen molar-refractivity contribution in [3.63, 3.8) is 0 Å². The fourth-order valence-electron chi connectivity index (χ4n) is 3.22. The maximum atomic E-state index is 13.0. The summed E-state index contributed by atoms with van der Waals surface area (Å²) in [7, 11) is 0. The van der Waals surface area contributed by atoms with E-state index in [2.05, 4.69) is 20.4 Å². The van der Waals surface area contributed by atoms with Crippen LogP contribution in [0.3, 0.4) is 0 Å². The average Bonchev–Trinajstić information content (AvgIpc) is 3.12. The van der Waals surface area contributed by atoms with Crippen molar-refractivity contribution in [3.05, 3.63) is 94.6 Å². The van der Waals surface area contributed by atoms with Crippen LogP contribution in [0.2, 0.25) is 0 Å². The monoisotopic (exact) mass is 371 g/mol. The molecule has 1 unspecified atom stereocenters. The molecular formula is C22H21N5O. The molecule has 0 aliphatic carbocycles. The lowest BCUT2D eigenvalue weighted by molar-refractivity contribution is 0.0932. The number of benzene rings is 2. The van der Waals surface area contributed by atoms with Gasteiger partial charge in [-0.1, -0.05) is 60.2 Å². The molecule has 6 nitrogen and oxygen atoms in total. The van der Waals surface area contributed by atoms with Crippen molar-refractivity contribution >= 4 is 11.7 Å². The second kappa shape index (κ2) is 7.23. The van der Waals surface area contributed by atoms with Gasteiger partial charge >= 0.3 is 0 Å². The Kier molecular flexibility index (Phi) is 4.61. The molecule has 1 amide bonds. The zero-order chi connectivity index (χ0) is 19.7. The first kappa shape index (κ1) is 17.9. The SMILES string of the molecule is Cc1ccc(C(NC(=O)c2nc3nc(C)cc(C)n3n2)c2ccccc2)cc1. The van der Waals surface area contributed by atoms with Crippen molar-refractivity contribution in [2.45, 2.75) is 26.8 Å². The molecule has 2 aromatic heterocycles. The van der Waals surface area contributed by atoms with Gasteiger partial charge in [0.25, 0.3) is 11.7 Å². The first-order valence-electron chi connectivity index (χ1n) is 9.14. The molecule has 28 heavy (non-hydrogen) atoms. The van der Waals surface area contributed by atoms with E-state index in [0.29, 0.717) is 5.78 Å². The number of nitrogens with one attached hydrogen (secondary N) is 1. The molecule has 0 saturated carbocycles. The minimum absolute atomic E-state index is 0.106. The van der Waals surface area contributed by atoms with E-state index in [1.165, 1.54) is 5.56 Å². The standard InChI is InChI=1S/C22H21N5O/c1-14-9-11-18(12-10-14)19(17-7-5-4-6-8-17)24-21(28)20-25-22-23-15(2)13-16(3)27(22)26-20/h4-13,19H,1-3H3,(H,24,28). The van der Waals surface area contributed by atoms with Gasteiger partial charge in [-0.2, -0.15) is 4.98 Å². The van der Waals surface area contributed by atoms with Crippen molar-refractivity contribution < 1.29 is 4.79 Å². The van der Waals surface area contributed by atoms with Gasteiger partial charge < -0.3 is 5.32 Å². The highest BCUT2D eigenvalue weighted by Crippen LogP contribution is 2.23. The second-order valence-corrected chi connectivity index (χ2v) is 6.91. The van der Waals surface area contributed by atoms with Crippen LogP contribution < -0.4 is 5.32 Å². The van der Waals surface area contributed by atoms with Crippen LogP contribution in [-0.4, -0.2) is 25.5 Å². The number of fused-ring (bicyclic) bond motifs is 1. The highest BCUT2D eigenvalue weighted by molar-refractivity contribution is 5.91. The van der Waals surface area contributed by atoms with E-state index in [0.717, 1.165) is 22.5 Å². The van der Waals surface area contributed by atoms with Crippen LogP contribution in [0.4, 0.5) is 0 Å². The van der Waals surface area contributed by atoms with Gasteiger partial charge in [0.05, 0.1) is 6.04 Å². The Balaban J connectivity index is 1.69. The molecule has 2 aromatic carbocycles. The summed E-state index contributed by atoms with van der Waals surface area (Å²) in [5, 5.41) is 7.41. The zero-order valence-corrected chi connectivity index (χ0v) is 16.0. The summed E-state index contributed by atoms with van der Waals surface area (Å²) in [5.74, 6) is 0.195. The van der Waals surface area contributed by atoms with Gasteiger partial charge in [0.15, 0.2) is 0 Å². The zero-order valence-electron chi connectivity index (χ0n) is 16.0. The molecule has 0 bridgehead atoms. The molecular weight excluding hydrogens is 350 g/mol. The Bertz CT molecular complexity index is 1130. The highest BCUT2D eigenvalue weighted by atomic mass is 16.2. The molecule has 140 valence electrons. The van der Waals surface area contributed by atoms with Crippen molar-refractivity contribution in [1.82, 2.24) is 24.9 Å². The molecule has 0 saturated heterocycles. The first-order valence-corrected chi connectivity index (χ1v) is 9.14. The lowest BCUT2D eigenvalue weighted by Crippen LogP contribution is -2.30. The third-order valence-corrected chi connectivity index (χ3v) is 4.64. The molecule has 4 aromatic rings. The summed E-state index contributed by atoms with van der Waals surface area (Å²) in [4.78, 5) is 21.6. The van der Waals surface area contributed by atoms with Crippen LogP contribution in [0.25, 0.3) is 5.78 Å². The predicted octanol–water partition coefficient (Wildman–Crippen LogP) is 3.57. The lowest BCUT2D eigenvalue weighted by Gasteiger charge is -2.19. The van der Waals surface area contributed by atoms with Crippen molar-refractivity contribution in [1.29, 1.82) is 0 Å². The van der Waals surface area contributed by atoms with Crippen LogP contribution in [0, 0.1) is 20.8 Å². The highest BCUT2D eigenvalue weighted by Gasteiger charge is 2.21. The molecule has 0 radical (unpaired) electrons. The Morgan fingerprint density at radius 3 is 2.32 bits per heavy atom. The van der Waals surface area contributed by atoms with Crippen molar-refractivity contribution in [3.8, 4) is 0 Å². The van der Waals surface area contributed by atoms with Crippen LogP contribution in [0.1, 0.15) is 44.7 Å². The summed E-state index contributed by atoms with van der Waals surface area (Å²) in [6.07, 6.45) is 0. The Labute approximate surface area is 163 Å². The fraction of sp³-hybridized carbons (Fsp3) is 0.182. The number of hydrogen-bond donors (Lipinski definition) is 1. The number of amides is 1. The molecule has 1 atom stereocenters. The Hall–Kier alpha value is -3.54. The summed E-state index contributed by atoms with van der Waals surface area (Å²) in [6.45, 7) is 5.85. The number of aromatic nitrogens is 4. The van der Waals surface area contributed by atoms with E-state index in [9.17, 15) is 4.79 Å². The normalized spacial score (nSPS) is 12.1. The van der Waals surface area contributed by atoms with Gasteiger partial charge in [0, 0.05) is 11.4 Å². The maximum absolute atomic E-state index is 13.0. The van der Waals surface area contributed by atoms with Crippen molar-refractivity contribution in [2.75, 3.05) is 0 Å². The van der Waals surface area contributed by atoms with Gasteiger partial charge in [0.2, 0.25) is 5.82 Å². The number of carbonyl (C=O) groups excluding carboxylic acids is 1. The van der Waals surface area contributed by atoms with E-state index in [1.54, 1.807) is 4.52 Å². The van der Waals surface area contributed by atoms with E-state index in [4.69, 9.17) is 0 Å². The number of carbonyl (C=O) groups is 1. The van der Waals surface area contributed by atoms with E-state index >= 15 is 0 Å². The minimum Gasteiger partial charge on any atom is -0.338 e. The molecule has 1 N–H and O–H groups in total. The molecule has 0 spiro atoms. The minimum atomic E-state index is -0.336. The van der Waals surface area contributed by atoms with Crippen LogP contribution in [0.15, 0.2) is 60.7 Å². The summed E-state index contributed by atoms with van der Waals surface area (Å²) in [6, 6.07) is 19.6. The second-order valence-electron chi connectivity index (χ2n) is 6.91. The Morgan fingerprint density at radius 1 is 0.929 bits per heavy atom. The predicted molar refractivity (Wildman–Crippen MR) is 107 cm³/mol. The molecule has 4 rings (SSSR count). The van der Waals surface area contributed by atoms with Gasteiger partial charge in [-0.25, -0.2) is 9.50 Å². The number of rotatable bonds is 4. The maximum Gasteiger partial charge on any atom is 0.291 e. The van der Waals surface area contributed by atoms with Gasteiger partial charge in [-0.3, -0.25) is 4.79 Å². The number of aryl methyl sites for hydroxylation is 3. The Morgan fingerprint density at radius 2 is 1.61 bits per heavy atom. The molecule has 0 aliphatic heterocycles. The number of hydrogen-bond acceptors (Lipinski definition) is 4. The average molecular weight is 371 g/mol.